The Balaban J connectivity index is 1.27. The monoisotopic (exact) mass is 503 g/mol. The zero-order chi connectivity index (χ0) is 25.3. The van der Waals surface area contributed by atoms with E-state index in [2.05, 4.69) is 157 Å². The third-order valence-electron chi connectivity index (χ3n) is 7.08. The topological polar surface area (TPSA) is 3.24 Å². The smallest absolute Gasteiger partial charge is 0.0462 e. The summed E-state index contributed by atoms with van der Waals surface area (Å²) in [7, 11) is 0. The first-order valence-electron chi connectivity index (χ1n) is 12.9. The molecule has 0 amide bonds. The molecule has 1 heterocycles. The molecule has 0 saturated heterocycles. The average molecular weight is 504 g/mol. The Morgan fingerprint density at radius 3 is 1.61 bits per heavy atom. The number of rotatable bonds is 5. The van der Waals surface area contributed by atoms with Crippen LogP contribution in [-0.2, 0) is 0 Å². The van der Waals surface area contributed by atoms with Gasteiger partial charge in [0, 0.05) is 32.4 Å². The normalized spacial score (nSPS) is 11.2. The van der Waals surface area contributed by atoms with Gasteiger partial charge in [-0.25, -0.2) is 0 Å². The fraction of sp³-hybridized carbons (Fsp3) is 0. The Morgan fingerprint density at radius 1 is 0.395 bits per heavy atom. The highest BCUT2D eigenvalue weighted by atomic mass is 32.1. The fourth-order valence-electron chi connectivity index (χ4n) is 5.27. The van der Waals surface area contributed by atoms with Crippen LogP contribution >= 0.6 is 11.3 Å². The van der Waals surface area contributed by atoms with E-state index in [9.17, 15) is 0 Å². The third-order valence-corrected chi connectivity index (χ3v) is 8.25. The fourth-order valence-corrected chi connectivity index (χ4v) is 6.31. The van der Waals surface area contributed by atoms with E-state index in [1.165, 1.54) is 42.4 Å². The van der Waals surface area contributed by atoms with E-state index in [1.807, 2.05) is 11.3 Å². The molecule has 0 aliphatic rings. The number of anilines is 3. The van der Waals surface area contributed by atoms with Gasteiger partial charge in [0.2, 0.25) is 0 Å². The molecule has 7 aromatic rings. The van der Waals surface area contributed by atoms with E-state index in [1.54, 1.807) is 0 Å². The second-order valence-electron chi connectivity index (χ2n) is 9.41. The van der Waals surface area contributed by atoms with Crippen LogP contribution in [0.25, 0.3) is 42.4 Å². The van der Waals surface area contributed by atoms with Gasteiger partial charge in [0.15, 0.2) is 0 Å². The van der Waals surface area contributed by atoms with Crippen molar-refractivity contribution in [2.24, 2.45) is 0 Å². The minimum atomic E-state index is 1.14. The molecular formula is C36H25NS. The predicted molar refractivity (Wildman–Crippen MR) is 165 cm³/mol. The standard InChI is InChI=1S/C36H25NS/c1-3-12-28(13-4-1)37(29-14-5-2-6-15-29)30-21-19-26(20-22-30)35-23-24-36(38-35)34-25-27-11-7-8-16-31(27)32-17-9-10-18-33(32)34/h1-25H. The number of nitrogens with zero attached hydrogens (tertiary/aromatic N) is 1. The molecule has 0 atom stereocenters. The van der Waals surface area contributed by atoms with Crippen LogP contribution in [0, 0.1) is 0 Å². The predicted octanol–water partition coefficient (Wildman–Crippen LogP) is 10.9. The van der Waals surface area contributed by atoms with Crippen LogP contribution in [0.3, 0.4) is 0 Å². The Kier molecular flexibility index (Phi) is 5.73. The molecule has 0 aliphatic heterocycles. The van der Waals surface area contributed by atoms with E-state index in [0.29, 0.717) is 0 Å². The maximum atomic E-state index is 2.34. The van der Waals surface area contributed by atoms with Gasteiger partial charge in [-0.3, -0.25) is 0 Å². The lowest BCUT2D eigenvalue weighted by Crippen LogP contribution is -2.09. The number of hydrogen-bond acceptors (Lipinski definition) is 2. The summed E-state index contributed by atoms with van der Waals surface area (Å²) in [6.45, 7) is 0. The zero-order valence-corrected chi connectivity index (χ0v) is 21.6. The summed E-state index contributed by atoms with van der Waals surface area (Å²) in [6, 6.07) is 54.3. The highest BCUT2D eigenvalue weighted by Crippen LogP contribution is 2.41. The van der Waals surface area contributed by atoms with Gasteiger partial charge < -0.3 is 4.90 Å². The van der Waals surface area contributed by atoms with Crippen molar-refractivity contribution in [3.05, 3.63) is 152 Å². The largest absolute Gasteiger partial charge is 0.311 e. The minimum absolute atomic E-state index is 1.14. The van der Waals surface area contributed by atoms with Crippen molar-refractivity contribution in [2.45, 2.75) is 0 Å². The molecule has 1 aromatic heterocycles. The van der Waals surface area contributed by atoms with Crippen molar-refractivity contribution >= 4 is 49.9 Å². The first kappa shape index (κ1) is 22.5. The van der Waals surface area contributed by atoms with Crippen LogP contribution in [-0.4, -0.2) is 0 Å². The Labute approximate surface area is 226 Å². The number of thiophene rings is 1. The summed E-state index contributed by atoms with van der Waals surface area (Å²) in [6.07, 6.45) is 0. The van der Waals surface area contributed by atoms with E-state index in [-0.39, 0.29) is 0 Å². The van der Waals surface area contributed by atoms with Crippen LogP contribution in [0.4, 0.5) is 17.1 Å². The maximum absolute atomic E-state index is 2.34. The van der Waals surface area contributed by atoms with Crippen molar-refractivity contribution in [3.8, 4) is 20.9 Å². The molecule has 0 spiro atoms. The van der Waals surface area contributed by atoms with Gasteiger partial charge in [0.05, 0.1) is 0 Å². The van der Waals surface area contributed by atoms with Gasteiger partial charge in [-0.2, -0.15) is 0 Å². The van der Waals surface area contributed by atoms with Crippen molar-refractivity contribution in [1.29, 1.82) is 0 Å². The summed E-state index contributed by atoms with van der Waals surface area (Å²) in [5.74, 6) is 0. The van der Waals surface area contributed by atoms with E-state index < -0.39 is 0 Å². The van der Waals surface area contributed by atoms with Gasteiger partial charge in [-0.05, 0) is 81.7 Å². The van der Waals surface area contributed by atoms with Gasteiger partial charge in [-0.1, -0.05) is 97.1 Å². The van der Waals surface area contributed by atoms with Gasteiger partial charge >= 0.3 is 0 Å². The molecule has 0 fully saturated rings. The van der Waals surface area contributed by atoms with Crippen LogP contribution in [0.1, 0.15) is 0 Å². The molecule has 0 bridgehead atoms. The molecule has 0 N–H and O–H groups in total. The molecule has 1 nitrogen and oxygen atoms in total. The minimum Gasteiger partial charge on any atom is -0.311 e. The van der Waals surface area contributed by atoms with Gasteiger partial charge in [0.25, 0.3) is 0 Å². The lowest BCUT2D eigenvalue weighted by molar-refractivity contribution is 1.28. The summed E-state index contributed by atoms with van der Waals surface area (Å²) in [5.41, 5.74) is 5.97. The molecule has 7 rings (SSSR count). The van der Waals surface area contributed by atoms with Crippen LogP contribution < -0.4 is 4.90 Å². The molecule has 180 valence electrons. The number of benzene rings is 6. The highest BCUT2D eigenvalue weighted by Gasteiger charge is 2.14. The molecule has 2 heteroatoms. The second-order valence-corrected chi connectivity index (χ2v) is 10.5. The summed E-state index contributed by atoms with van der Waals surface area (Å²) >= 11 is 1.86. The second kappa shape index (κ2) is 9.66. The molecule has 0 aliphatic carbocycles. The van der Waals surface area contributed by atoms with Crippen LogP contribution in [0.15, 0.2) is 152 Å². The van der Waals surface area contributed by atoms with Crippen molar-refractivity contribution in [3.63, 3.8) is 0 Å². The lowest BCUT2D eigenvalue weighted by atomic mass is 9.96. The van der Waals surface area contributed by atoms with Gasteiger partial charge in [-0.15, -0.1) is 11.3 Å². The van der Waals surface area contributed by atoms with Gasteiger partial charge in [0.1, 0.15) is 0 Å². The molecule has 0 unspecified atom stereocenters. The SMILES string of the molecule is c1ccc(N(c2ccccc2)c2ccc(-c3ccc(-c4cc5ccccc5c5ccccc45)s3)cc2)cc1. The van der Waals surface area contributed by atoms with E-state index >= 15 is 0 Å². The zero-order valence-electron chi connectivity index (χ0n) is 20.8. The average Bonchev–Trinajstić information content (AvgIpc) is 3.49. The third kappa shape index (κ3) is 4.06. The highest BCUT2D eigenvalue weighted by molar-refractivity contribution is 7.18. The molecular weight excluding hydrogens is 478 g/mol. The van der Waals surface area contributed by atoms with Crippen molar-refractivity contribution in [2.75, 3.05) is 4.90 Å². The molecule has 6 aromatic carbocycles. The first-order chi connectivity index (χ1) is 18.8. The summed E-state index contributed by atoms with van der Waals surface area (Å²) < 4.78 is 0. The summed E-state index contributed by atoms with van der Waals surface area (Å²) in [4.78, 5) is 4.86. The Bertz CT molecular complexity index is 1810. The van der Waals surface area contributed by atoms with Crippen LogP contribution in [0.5, 0.6) is 0 Å². The lowest BCUT2D eigenvalue weighted by Gasteiger charge is -2.25. The Hall–Kier alpha value is -4.66. The Morgan fingerprint density at radius 2 is 0.921 bits per heavy atom. The van der Waals surface area contributed by atoms with Crippen LogP contribution in [0.2, 0.25) is 0 Å². The van der Waals surface area contributed by atoms with Crippen molar-refractivity contribution in [1.82, 2.24) is 0 Å². The number of fused-ring (bicyclic) bond motifs is 3. The summed E-state index contributed by atoms with van der Waals surface area (Å²) in [5, 5.41) is 5.20. The van der Waals surface area contributed by atoms with E-state index in [0.717, 1.165) is 17.1 Å². The quantitative estimate of drug-likeness (QED) is 0.211. The molecule has 38 heavy (non-hydrogen) atoms. The van der Waals surface area contributed by atoms with Crippen molar-refractivity contribution < 1.29 is 0 Å². The number of hydrogen-bond donors (Lipinski definition) is 0. The molecule has 0 saturated carbocycles. The first-order valence-corrected chi connectivity index (χ1v) is 13.7. The number of para-hydroxylation sites is 2. The molecule has 0 radical (unpaired) electrons. The maximum Gasteiger partial charge on any atom is 0.0462 e. The van der Waals surface area contributed by atoms with E-state index in [4.69, 9.17) is 0 Å².